The molecule has 0 spiro atoms. The molecule has 0 fully saturated rings. The van der Waals surface area contributed by atoms with Gasteiger partial charge in [-0.15, -0.1) is 0 Å². The van der Waals surface area contributed by atoms with Crippen LogP contribution in [0, 0.1) is 0 Å². The van der Waals surface area contributed by atoms with Gasteiger partial charge in [0.15, 0.2) is 0 Å². The molecule has 0 atom stereocenters. The molecule has 0 saturated heterocycles. The van der Waals surface area contributed by atoms with Crippen LogP contribution in [0.2, 0.25) is 0 Å². The molecule has 0 amide bonds. The first-order valence-corrected chi connectivity index (χ1v) is 3.83. The lowest BCUT2D eigenvalue weighted by Gasteiger charge is -2.09. The molecule has 1 heterocycles. The third-order valence-electron chi connectivity index (χ3n) is 1.09. The Bertz CT molecular complexity index is 258. The van der Waals surface area contributed by atoms with E-state index in [4.69, 9.17) is 34.8 Å². The summed E-state index contributed by atoms with van der Waals surface area (Å²) >= 11 is 16.4. The first-order valence-electron chi connectivity index (χ1n) is 2.70. The SMILES string of the molecule is [O]c1cnccc1C(Cl)(Cl)Cl. The zero-order valence-corrected chi connectivity index (χ0v) is 7.49. The molecule has 0 unspecified atom stereocenters. The van der Waals surface area contributed by atoms with Gasteiger partial charge in [-0.2, -0.15) is 0 Å². The largest absolute Gasteiger partial charge is 0.288 e. The molecule has 1 aromatic rings. The average Bonchev–Trinajstić information content (AvgIpc) is 1.86. The molecule has 0 aromatic carbocycles. The van der Waals surface area contributed by atoms with Crippen molar-refractivity contribution in [2.45, 2.75) is 3.79 Å². The maximum absolute atomic E-state index is 11.0. The van der Waals surface area contributed by atoms with Crippen LogP contribution in [-0.2, 0) is 8.90 Å². The molecule has 0 aliphatic rings. The zero-order chi connectivity index (χ0) is 8.48. The third kappa shape index (κ3) is 2.12. The summed E-state index contributed by atoms with van der Waals surface area (Å²) in [4.78, 5) is 3.57. The van der Waals surface area contributed by atoms with E-state index in [0.717, 1.165) is 6.20 Å². The Morgan fingerprint density at radius 2 is 2.00 bits per heavy atom. The molecule has 2 nitrogen and oxygen atoms in total. The van der Waals surface area contributed by atoms with Crippen molar-refractivity contribution in [3.05, 3.63) is 24.0 Å². The summed E-state index contributed by atoms with van der Waals surface area (Å²) in [6, 6.07) is 1.38. The Morgan fingerprint density at radius 3 is 2.36 bits per heavy atom. The monoisotopic (exact) mass is 210 g/mol. The van der Waals surface area contributed by atoms with Gasteiger partial charge < -0.3 is 0 Å². The Kier molecular flexibility index (Phi) is 2.47. The molecule has 0 aliphatic heterocycles. The van der Waals surface area contributed by atoms with Crippen LogP contribution in [0.4, 0.5) is 0 Å². The summed E-state index contributed by atoms with van der Waals surface area (Å²) in [6.45, 7) is 0. The first kappa shape index (κ1) is 8.91. The van der Waals surface area contributed by atoms with Crippen LogP contribution in [0.5, 0.6) is 5.75 Å². The van der Waals surface area contributed by atoms with E-state index in [0.29, 0.717) is 0 Å². The van der Waals surface area contributed by atoms with Gasteiger partial charge >= 0.3 is 0 Å². The van der Waals surface area contributed by atoms with Gasteiger partial charge in [-0.1, -0.05) is 34.8 Å². The lowest BCUT2D eigenvalue weighted by molar-refractivity contribution is 0.348. The van der Waals surface area contributed by atoms with Crippen LogP contribution in [0.3, 0.4) is 0 Å². The first-order chi connectivity index (χ1) is 5.02. The molecule has 0 aliphatic carbocycles. The van der Waals surface area contributed by atoms with E-state index in [1.54, 1.807) is 0 Å². The number of nitrogens with zero attached hydrogens (tertiary/aromatic N) is 1. The summed E-state index contributed by atoms with van der Waals surface area (Å²) in [5, 5.41) is 11.0. The minimum Gasteiger partial charge on any atom is -0.288 e. The molecule has 5 heteroatoms. The molecule has 59 valence electrons. The lowest BCUT2D eigenvalue weighted by Crippen LogP contribution is -1.99. The van der Waals surface area contributed by atoms with Crippen molar-refractivity contribution in [1.82, 2.24) is 4.98 Å². The van der Waals surface area contributed by atoms with E-state index in [1.807, 2.05) is 0 Å². The molecule has 1 aromatic heterocycles. The van der Waals surface area contributed by atoms with Gasteiger partial charge in [0.2, 0.25) is 9.54 Å². The molecule has 1 rings (SSSR count). The Hall–Kier alpha value is -0.180. The second-order valence-corrected chi connectivity index (χ2v) is 4.15. The lowest BCUT2D eigenvalue weighted by atomic mass is 10.3. The van der Waals surface area contributed by atoms with Gasteiger partial charge in [-0.3, -0.25) is 10.1 Å². The van der Waals surface area contributed by atoms with Crippen LogP contribution >= 0.6 is 34.8 Å². The van der Waals surface area contributed by atoms with Crippen LogP contribution in [0.1, 0.15) is 5.56 Å². The molecular formula is C6H3Cl3NO. The molecule has 0 bridgehead atoms. The number of hydrogen-bond donors (Lipinski definition) is 0. The van der Waals surface area contributed by atoms with Crippen molar-refractivity contribution < 1.29 is 5.11 Å². The Balaban J connectivity index is 3.14. The van der Waals surface area contributed by atoms with Crippen molar-refractivity contribution in [2.24, 2.45) is 0 Å². The molecule has 1 radical (unpaired) electrons. The molecular weight excluding hydrogens is 208 g/mol. The van der Waals surface area contributed by atoms with Gasteiger partial charge in [0.1, 0.15) is 0 Å². The summed E-state index contributed by atoms with van der Waals surface area (Å²) < 4.78 is -1.65. The highest BCUT2D eigenvalue weighted by atomic mass is 35.6. The number of halogens is 3. The third-order valence-corrected chi connectivity index (χ3v) is 1.70. The normalized spacial score (nSPS) is 11.5. The number of alkyl halides is 3. The molecule has 0 N–H and O–H groups in total. The fourth-order valence-electron chi connectivity index (χ4n) is 0.614. The van der Waals surface area contributed by atoms with Crippen molar-refractivity contribution in [2.75, 3.05) is 0 Å². The second-order valence-electron chi connectivity index (χ2n) is 1.87. The van der Waals surface area contributed by atoms with Crippen molar-refractivity contribution >= 4 is 34.8 Å². The van der Waals surface area contributed by atoms with Gasteiger partial charge in [0.05, 0.1) is 11.8 Å². The van der Waals surface area contributed by atoms with E-state index >= 15 is 0 Å². The van der Waals surface area contributed by atoms with Crippen LogP contribution < -0.4 is 0 Å². The van der Waals surface area contributed by atoms with Crippen molar-refractivity contribution in [1.29, 1.82) is 0 Å². The summed E-state index contributed by atoms with van der Waals surface area (Å²) in [5.41, 5.74) is 0.123. The Morgan fingerprint density at radius 1 is 1.36 bits per heavy atom. The van der Waals surface area contributed by atoms with Gasteiger partial charge in [-0.25, -0.2) is 0 Å². The van der Waals surface area contributed by atoms with Crippen molar-refractivity contribution in [3.63, 3.8) is 0 Å². The van der Waals surface area contributed by atoms with Gasteiger partial charge in [0.25, 0.3) is 0 Å². The highest BCUT2D eigenvalue weighted by molar-refractivity contribution is 6.66. The predicted molar refractivity (Wildman–Crippen MR) is 43.6 cm³/mol. The maximum Gasteiger partial charge on any atom is 0.219 e. The van der Waals surface area contributed by atoms with Crippen LogP contribution in [0.25, 0.3) is 0 Å². The number of aromatic nitrogens is 1. The van der Waals surface area contributed by atoms with E-state index < -0.39 is 3.79 Å². The minimum absolute atomic E-state index is 0.123. The molecule has 0 saturated carbocycles. The predicted octanol–water partition coefficient (Wildman–Crippen LogP) is 3.05. The number of hydrogen-bond acceptors (Lipinski definition) is 1. The highest BCUT2D eigenvalue weighted by Crippen LogP contribution is 2.41. The smallest absolute Gasteiger partial charge is 0.219 e. The average molecular weight is 211 g/mol. The zero-order valence-electron chi connectivity index (χ0n) is 5.22. The maximum atomic E-state index is 11.0. The van der Waals surface area contributed by atoms with E-state index in [9.17, 15) is 5.11 Å². The standard InChI is InChI=1S/C6H3Cl3NO/c7-6(8,9)4-1-2-10-3-5(4)11/h1-3H. The fraction of sp³-hybridized carbons (Fsp3) is 0.167. The second kappa shape index (κ2) is 3.05. The van der Waals surface area contributed by atoms with Crippen LogP contribution in [-0.4, -0.2) is 4.98 Å². The van der Waals surface area contributed by atoms with Gasteiger partial charge in [0, 0.05) is 6.20 Å². The van der Waals surface area contributed by atoms with Gasteiger partial charge in [-0.05, 0) is 6.07 Å². The quantitative estimate of drug-likeness (QED) is 0.607. The van der Waals surface area contributed by atoms with E-state index in [-0.39, 0.29) is 11.3 Å². The fourth-order valence-corrected chi connectivity index (χ4v) is 1.08. The summed E-state index contributed by atoms with van der Waals surface area (Å²) in [5.74, 6) is -0.368. The molecule has 11 heavy (non-hydrogen) atoms. The van der Waals surface area contributed by atoms with E-state index in [2.05, 4.69) is 4.98 Å². The summed E-state index contributed by atoms with van der Waals surface area (Å²) in [7, 11) is 0. The number of rotatable bonds is 0. The minimum atomic E-state index is -1.65. The van der Waals surface area contributed by atoms with Crippen molar-refractivity contribution in [3.8, 4) is 5.75 Å². The topological polar surface area (TPSA) is 32.8 Å². The van der Waals surface area contributed by atoms with E-state index in [1.165, 1.54) is 12.3 Å². The summed E-state index contributed by atoms with van der Waals surface area (Å²) in [6.07, 6.45) is 2.51. The Labute approximate surface area is 78.7 Å². The number of pyridine rings is 1. The highest BCUT2D eigenvalue weighted by Gasteiger charge is 2.26. The van der Waals surface area contributed by atoms with Crippen LogP contribution in [0.15, 0.2) is 18.5 Å².